The largest absolute Gasteiger partial charge is 0.371 e. The fourth-order valence-corrected chi connectivity index (χ4v) is 0.875. The van der Waals surface area contributed by atoms with E-state index in [1.165, 1.54) is 6.92 Å². The van der Waals surface area contributed by atoms with Crippen molar-refractivity contribution in [1.82, 2.24) is 0 Å². The first kappa shape index (κ1) is 13.4. The summed E-state index contributed by atoms with van der Waals surface area (Å²) >= 11 is 0. The van der Waals surface area contributed by atoms with Gasteiger partial charge in [-0.25, -0.2) is 0 Å². The van der Waals surface area contributed by atoms with E-state index >= 15 is 0 Å². The molecule has 0 saturated carbocycles. The van der Waals surface area contributed by atoms with Crippen molar-refractivity contribution >= 4 is 0 Å². The second kappa shape index (κ2) is 6.77. The van der Waals surface area contributed by atoms with E-state index in [-0.39, 0.29) is 0 Å². The van der Waals surface area contributed by atoms with Gasteiger partial charge in [0.2, 0.25) is 0 Å². The van der Waals surface area contributed by atoms with Crippen LogP contribution in [0.15, 0.2) is 0 Å². The summed E-state index contributed by atoms with van der Waals surface area (Å²) in [7, 11) is 0. The maximum atomic E-state index is 9.63. The van der Waals surface area contributed by atoms with Gasteiger partial charge in [-0.3, -0.25) is 0 Å². The number of hydrogen-bond acceptors (Lipinski definition) is 4. The Morgan fingerprint density at radius 2 is 1.71 bits per heavy atom. The zero-order chi connectivity index (χ0) is 11.0. The number of ether oxygens (including phenoxy) is 2. The summed E-state index contributed by atoms with van der Waals surface area (Å²) in [6.07, 6.45) is 0.799. The first-order valence-corrected chi connectivity index (χ1v) is 4.95. The minimum absolute atomic E-state index is 0.478. The summed E-state index contributed by atoms with van der Waals surface area (Å²) in [6.45, 7) is 6.26. The van der Waals surface area contributed by atoms with Crippen LogP contribution in [0, 0.1) is 11.3 Å². The highest BCUT2D eigenvalue weighted by Crippen LogP contribution is 2.14. The van der Waals surface area contributed by atoms with Crippen LogP contribution in [-0.4, -0.2) is 30.2 Å². The van der Waals surface area contributed by atoms with E-state index in [1.54, 1.807) is 6.07 Å². The molecule has 0 spiro atoms. The maximum Gasteiger partial charge on any atom is 0.199 e. The summed E-state index contributed by atoms with van der Waals surface area (Å²) in [5.74, 6) is 0. The highest BCUT2D eigenvalue weighted by molar-refractivity contribution is 4.99. The molecule has 1 N–H and O–H groups in total. The predicted octanol–water partition coefficient (Wildman–Crippen LogP) is 1.44. The van der Waals surface area contributed by atoms with Gasteiger partial charge in [0.1, 0.15) is 6.07 Å². The van der Waals surface area contributed by atoms with Crippen LogP contribution in [0.2, 0.25) is 0 Å². The van der Waals surface area contributed by atoms with Gasteiger partial charge in [0.25, 0.3) is 0 Å². The van der Waals surface area contributed by atoms with Crippen molar-refractivity contribution in [3.63, 3.8) is 0 Å². The molecule has 0 bridgehead atoms. The highest BCUT2D eigenvalue weighted by atomic mass is 16.7. The van der Waals surface area contributed by atoms with Crippen molar-refractivity contribution in [2.75, 3.05) is 13.2 Å². The third-order valence-corrected chi connectivity index (χ3v) is 1.63. The van der Waals surface area contributed by atoms with Crippen LogP contribution in [0.1, 0.15) is 33.6 Å². The molecule has 0 aromatic carbocycles. The molecule has 0 aromatic rings. The molecule has 0 rings (SSSR count). The quantitative estimate of drug-likeness (QED) is 0.500. The summed E-state index contributed by atoms with van der Waals surface area (Å²) < 4.78 is 10.5. The summed E-state index contributed by atoms with van der Waals surface area (Å²) in [6, 6.07) is 1.76. The zero-order valence-corrected chi connectivity index (χ0v) is 9.12. The Balaban J connectivity index is 4.17. The third kappa shape index (κ3) is 4.56. The molecule has 1 atom stereocenters. The molecule has 82 valence electrons. The van der Waals surface area contributed by atoms with Crippen LogP contribution in [0.5, 0.6) is 0 Å². The fraction of sp³-hybridized carbons (Fsp3) is 0.900. The first-order valence-electron chi connectivity index (χ1n) is 4.95. The lowest BCUT2D eigenvalue weighted by atomic mass is 10.1. The van der Waals surface area contributed by atoms with E-state index in [1.807, 2.05) is 13.8 Å². The van der Waals surface area contributed by atoms with Crippen LogP contribution < -0.4 is 0 Å². The normalized spacial score (nSPS) is 15.1. The molecule has 0 aromatic heterocycles. The van der Waals surface area contributed by atoms with Crippen molar-refractivity contribution in [3.05, 3.63) is 0 Å². The number of nitriles is 1. The molecule has 0 unspecified atom stereocenters. The standard InChI is InChI=1S/C10H19NO3/c1-4-6-13-9(14-7-5-2)10(3,12)8-11/h9,12H,4-7H2,1-3H3/t10-/m0/s1. The molecule has 0 saturated heterocycles. The van der Waals surface area contributed by atoms with E-state index < -0.39 is 11.9 Å². The van der Waals surface area contributed by atoms with Crippen LogP contribution in [0.4, 0.5) is 0 Å². The summed E-state index contributed by atoms with van der Waals surface area (Å²) in [5.41, 5.74) is -1.58. The van der Waals surface area contributed by atoms with Gasteiger partial charge in [0.05, 0.1) is 0 Å². The Bertz CT molecular complexity index is 178. The SMILES string of the molecule is CCCOC(OCCC)[C@@](C)(O)C#N. The number of aliphatic hydroxyl groups is 1. The molecule has 0 amide bonds. The van der Waals surface area contributed by atoms with Gasteiger partial charge in [-0.2, -0.15) is 5.26 Å². The van der Waals surface area contributed by atoms with E-state index in [2.05, 4.69) is 0 Å². The van der Waals surface area contributed by atoms with Crippen LogP contribution >= 0.6 is 0 Å². The van der Waals surface area contributed by atoms with Crippen LogP contribution in [-0.2, 0) is 9.47 Å². The van der Waals surface area contributed by atoms with Gasteiger partial charge in [-0.15, -0.1) is 0 Å². The average molecular weight is 201 g/mol. The molecule has 4 nitrogen and oxygen atoms in total. The number of hydrogen-bond donors (Lipinski definition) is 1. The molecule has 14 heavy (non-hydrogen) atoms. The molecule has 0 aliphatic rings. The second-order valence-corrected chi connectivity index (χ2v) is 3.33. The zero-order valence-electron chi connectivity index (χ0n) is 9.12. The van der Waals surface area contributed by atoms with E-state index in [0.717, 1.165) is 12.8 Å². The molecule has 0 aliphatic carbocycles. The van der Waals surface area contributed by atoms with Gasteiger partial charge in [-0.05, 0) is 19.8 Å². The molecular weight excluding hydrogens is 182 g/mol. The Morgan fingerprint density at radius 3 is 2.00 bits per heavy atom. The Morgan fingerprint density at radius 1 is 1.29 bits per heavy atom. The van der Waals surface area contributed by atoms with Crippen molar-refractivity contribution in [1.29, 1.82) is 5.26 Å². The summed E-state index contributed by atoms with van der Waals surface area (Å²) in [4.78, 5) is 0. The van der Waals surface area contributed by atoms with Gasteiger partial charge >= 0.3 is 0 Å². The maximum absolute atomic E-state index is 9.63. The predicted molar refractivity (Wildman–Crippen MR) is 52.5 cm³/mol. The van der Waals surface area contributed by atoms with E-state index in [4.69, 9.17) is 14.7 Å². The Labute approximate surface area is 85.4 Å². The smallest absolute Gasteiger partial charge is 0.199 e. The van der Waals surface area contributed by atoms with Crippen molar-refractivity contribution in [2.45, 2.75) is 45.5 Å². The lowest BCUT2D eigenvalue weighted by molar-refractivity contribution is -0.213. The van der Waals surface area contributed by atoms with Crippen molar-refractivity contribution in [3.8, 4) is 6.07 Å². The molecule has 4 heteroatoms. The Kier molecular flexibility index (Phi) is 6.46. The van der Waals surface area contributed by atoms with Gasteiger partial charge in [0, 0.05) is 13.2 Å². The van der Waals surface area contributed by atoms with Crippen molar-refractivity contribution < 1.29 is 14.6 Å². The van der Waals surface area contributed by atoms with Crippen LogP contribution in [0.3, 0.4) is 0 Å². The monoisotopic (exact) mass is 201 g/mol. The third-order valence-electron chi connectivity index (χ3n) is 1.63. The van der Waals surface area contributed by atoms with E-state index in [9.17, 15) is 5.11 Å². The molecule has 0 fully saturated rings. The van der Waals surface area contributed by atoms with E-state index in [0.29, 0.717) is 13.2 Å². The lowest BCUT2D eigenvalue weighted by Crippen LogP contribution is -2.42. The number of nitrogens with zero attached hydrogens (tertiary/aromatic N) is 1. The van der Waals surface area contributed by atoms with Crippen molar-refractivity contribution in [2.24, 2.45) is 0 Å². The highest BCUT2D eigenvalue weighted by Gasteiger charge is 2.33. The Hall–Kier alpha value is -0.630. The van der Waals surface area contributed by atoms with Gasteiger partial charge in [0.15, 0.2) is 11.9 Å². The minimum Gasteiger partial charge on any atom is -0.371 e. The van der Waals surface area contributed by atoms with Gasteiger partial charge in [-0.1, -0.05) is 13.8 Å². The molecular formula is C10H19NO3. The first-order chi connectivity index (χ1) is 6.58. The molecule has 0 radical (unpaired) electrons. The second-order valence-electron chi connectivity index (χ2n) is 3.33. The van der Waals surface area contributed by atoms with Crippen LogP contribution in [0.25, 0.3) is 0 Å². The molecule has 0 aliphatic heterocycles. The number of rotatable bonds is 7. The van der Waals surface area contributed by atoms with Gasteiger partial charge < -0.3 is 14.6 Å². The fourth-order valence-electron chi connectivity index (χ4n) is 0.875. The minimum atomic E-state index is -1.58. The summed E-state index contributed by atoms with van der Waals surface area (Å²) in [5, 5.41) is 18.3. The average Bonchev–Trinajstić information content (AvgIpc) is 2.17. The topological polar surface area (TPSA) is 62.5 Å². The lowest BCUT2D eigenvalue weighted by Gasteiger charge is -2.26. The molecule has 0 heterocycles.